The van der Waals surface area contributed by atoms with Crippen LogP contribution in [-0.4, -0.2) is 41.0 Å². The number of anilines is 1. The van der Waals surface area contributed by atoms with Crippen molar-refractivity contribution in [1.29, 1.82) is 0 Å². The van der Waals surface area contributed by atoms with Crippen LogP contribution in [0.15, 0.2) is 48.7 Å². The van der Waals surface area contributed by atoms with E-state index < -0.39 is 0 Å². The third-order valence-corrected chi connectivity index (χ3v) is 4.80. The maximum absolute atomic E-state index is 12.5. The fourth-order valence-electron chi connectivity index (χ4n) is 3.50. The second kappa shape index (κ2) is 6.55. The summed E-state index contributed by atoms with van der Waals surface area (Å²) in [5.41, 5.74) is 2.41. The van der Waals surface area contributed by atoms with E-state index in [2.05, 4.69) is 4.98 Å². The number of hydrogen-bond donors (Lipinski definition) is 0. The molecule has 4 rings (SSSR count). The number of carbonyl (C=O) groups excluding carboxylic acids is 2. The summed E-state index contributed by atoms with van der Waals surface area (Å²) in [6.07, 6.45) is 2.78. The molecule has 0 N–H and O–H groups in total. The van der Waals surface area contributed by atoms with Crippen molar-refractivity contribution in [3.8, 4) is 0 Å². The number of aromatic nitrogens is 1. The van der Waals surface area contributed by atoms with Gasteiger partial charge in [-0.25, -0.2) is 4.79 Å². The molecule has 6 nitrogen and oxygen atoms in total. The monoisotopic (exact) mass is 337 g/mol. The molecule has 3 heterocycles. The highest BCUT2D eigenvalue weighted by Gasteiger charge is 2.35. The topological polar surface area (TPSA) is 62.7 Å². The molecule has 2 aliphatic rings. The summed E-state index contributed by atoms with van der Waals surface area (Å²) < 4.78 is 5.31. The van der Waals surface area contributed by atoms with E-state index in [0.29, 0.717) is 25.4 Å². The van der Waals surface area contributed by atoms with E-state index in [9.17, 15) is 9.59 Å². The molecule has 1 saturated heterocycles. The number of ether oxygens (including phenoxy) is 1. The molecule has 2 amide bonds. The lowest BCUT2D eigenvalue weighted by Crippen LogP contribution is -2.50. The van der Waals surface area contributed by atoms with E-state index in [1.165, 1.54) is 0 Å². The smallest absolute Gasteiger partial charge is 0.414 e. The van der Waals surface area contributed by atoms with E-state index in [4.69, 9.17) is 4.74 Å². The first kappa shape index (κ1) is 15.6. The van der Waals surface area contributed by atoms with Crippen molar-refractivity contribution < 1.29 is 14.3 Å². The summed E-state index contributed by atoms with van der Waals surface area (Å²) >= 11 is 0. The van der Waals surface area contributed by atoms with Crippen LogP contribution < -0.4 is 4.90 Å². The maximum atomic E-state index is 12.5. The van der Waals surface area contributed by atoms with Gasteiger partial charge in [-0.15, -0.1) is 0 Å². The van der Waals surface area contributed by atoms with Crippen LogP contribution in [0.2, 0.25) is 0 Å². The van der Waals surface area contributed by atoms with Crippen molar-refractivity contribution in [2.75, 3.05) is 18.0 Å². The number of amides is 2. The fourth-order valence-corrected chi connectivity index (χ4v) is 3.50. The summed E-state index contributed by atoms with van der Waals surface area (Å²) in [6.45, 7) is 1.53. The normalized spacial score (nSPS) is 17.8. The molecule has 0 spiro atoms. The van der Waals surface area contributed by atoms with Crippen LogP contribution in [-0.2, 0) is 11.3 Å². The molecule has 6 heteroatoms. The number of para-hydroxylation sites is 1. The first-order valence-electron chi connectivity index (χ1n) is 8.48. The molecule has 0 atom stereocenters. The Kier molecular flexibility index (Phi) is 4.09. The zero-order chi connectivity index (χ0) is 17.2. The highest BCUT2D eigenvalue weighted by atomic mass is 16.6. The second-order valence-corrected chi connectivity index (χ2v) is 6.29. The molecule has 0 bridgehead atoms. The minimum absolute atomic E-state index is 0.0433. The lowest BCUT2D eigenvalue weighted by molar-refractivity contribution is 0.0702. The molecule has 1 aromatic carbocycles. The summed E-state index contributed by atoms with van der Waals surface area (Å²) in [5.74, 6) is -0.0549. The van der Waals surface area contributed by atoms with E-state index >= 15 is 0 Å². The third-order valence-electron chi connectivity index (χ3n) is 4.80. The zero-order valence-electron chi connectivity index (χ0n) is 13.8. The lowest BCUT2D eigenvalue weighted by atomic mass is 10.0. The molecule has 1 aromatic heterocycles. The van der Waals surface area contributed by atoms with Gasteiger partial charge in [0.1, 0.15) is 12.3 Å². The molecular weight excluding hydrogens is 318 g/mol. The number of piperidine rings is 1. The van der Waals surface area contributed by atoms with E-state index in [0.717, 1.165) is 24.1 Å². The third kappa shape index (κ3) is 2.95. The van der Waals surface area contributed by atoms with Gasteiger partial charge in [-0.05, 0) is 31.0 Å². The van der Waals surface area contributed by atoms with Crippen LogP contribution in [0.3, 0.4) is 0 Å². The standard InChI is InChI=1S/C19H19N3O3/c23-18(16-6-3-4-10-20-16)21-11-8-15(9-12-21)22-17-7-2-1-5-14(17)13-25-19(22)24/h1-7,10,15H,8-9,11-13H2. The van der Waals surface area contributed by atoms with Gasteiger partial charge in [0.25, 0.3) is 5.91 Å². The fraction of sp³-hybridized carbons (Fsp3) is 0.316. The number of cyclic esters (lactones) is 1. The molecule has 128 valence electrons. The number of carbonyl (C=O) groups is 2. The molecule has 25 heavy (non-hydrogen) atoms. The lowest BCUT2D eigenvalue weighted by Gasteiger charge is -2.40. The Morgan fingerprint density at radius 2 is 1.84 bits per heavy atom. The van der Waals surface area contributed by atoms with Crippen LogP contribution in [0.5, 0.6) is 0 Å². The molecule has 1 fully saturated rings. The summed E-state index contributed by atoms with van der Waals surface area (Å²) in [5, 5.41) is 0. The molecular formula is C19H19N3O3. The molecule has 0 aliphatic carbocycles. The largest absolute Gasteiger partial charge is 0.444 e. The van der Waals surface area contributed by atoms with Crippen molar-refractivity contribution in [2.45, 2.75) is 25.5 Å². The average Bonchev–Trinajstić information content (AvgIpc) is 2.68. The average molecular weight is 337 g/mol. The minimum Gasteiger partial charge on any atom is -0.444 e. The van der Waals surface area contributed by atoms with Crippen LogP contribution in [0.4, 0.5) is 10.5 Å². The zero-order valence-corrected chi connectivity index (χ0v) is 13.8. The second-order valence-electron chi connectivity index (χ2n) is 6.29. The Morgan fingerprint density at radius 1 is 1.08 bits per heavy atom. The number of likely N-dealkylation sites (tertiary alicyclic amines) is 1. The van der Waals surface area contributed by atoms with E-state index in [1.54, 1.807) is 28.1 Å². The highest BCUT2D eigenvalue weighted by molar-refractivity contribution is 5.93. The molecule has 0 unspecified atom stereocenters. The number of pyridine rings is 1. The van der Waals surface area contributed by atoms with Gasteiger partial charge in [0, 0.05) is 30.9 Å². The molecule has 0 saturated carbocycles. The number of rotatable bonds is 2. The molecule has 0 radical (unpaired) electrons. The Labute approximate surface area is 146 Å². The van der Waals surface area contributed by atoms with Crippen molar-refractivity contribution in [3.63, 3.8) is 0 Å². The summed E-state index contributed by atoms with van der Waals surface area (Å²) in [4.78, 5) is 32.5. The van der Waals surface area contributed by atoms with Gasteiger partial charge >= 0.3 is 6.09 Å². The maximum Gasteiger partial charge on any atom is 0.414 e. The highest BCUT2D eigenvalue weighted by Crippen LogP contribution is 2.31. The van der Waals surface area contributed by atoms with Crippen LogP contribution in [0, 0.1) is 0 Å². The SMILES string of the molecule is O=C(c1ccccn1)N1CCC(N2C(=O)OCc3ccccc32)CC1. The molecule has 2 aliphatic heterocycles. The van der Waals surface area contributed by atoms with Gasteiger partial charge in [-0.2, -0.15) is 0 Å². The van der Waals surface area contributed by atoms with Crippen molar-refractivity contribution in [3.05, 3.63) is 59.9 Å². The van der Waals surface area contributed by atoms with E-state index in [-0.39, 0.29) is 18.0 Å². The van der Waals surface area contributed by atoms with Crippen LogP contribution in [0.25, 0.3) is 0 Å². The number of benzene rings is 1. The van der Waals surface area contributed by atoms with Gasteiger partial charge in [0.15, 0.2) is 0 Å². The van der Waals surface area contributed by atoms with Gasteiger partial charge in [0.2, 0.25) is 0 Å². The predicted molar refractivity (Wildman–Crippen MR) is 92.3 cm³/mol. The van der Waals surface area contributed by atoms with Crippen LogP contribution in [0.1, 0.15) is 28.9 Å². The Morgan fingerprint density at radius 3 is 2.60 bits per heavy atom. The Hall–Kier alpha value is -2.89. The van der Waals surface area contributed by atoms with Crippen LogP contribution >= 0.6 is 0 Å². The molecule has 2 aromatic rings. The van der Waals surface area contributed by atoms with Crippen molar-refractivity contribution in [1.82, 2.24) is 9.88 Å². The first-order chi connectivity index (χ1) is 12.2. The summed E-state index contributed by atoms with van der Waals surface area (Å²) in [6, 6.07) is 13.2. The quantitative estimate of drug-likeness (QED) is 0.845. The van der Waals surface area contributed by atoms with Crippen molar-refractivity contribution in [2.24, 2.45) is 0 Å². The van der Waals surface area contributed by atoms with Gasteiger partial charge in [-0.3, -0.25) is 14.7 Å². The van der Waals surface area contributed by atoms with Crippen molar-refractivity contribution >= 4 is 17.7 Å². The summed E-state index contributed by atoms with van der Waals surface area (Å²) in [7, 11) is 0. The Balaban J connectivity index is 1.47. The van der Waals surface area contributed by atoms with Gasteiger partial charge in [0.05, 0.1) is 5.69 Å². The minimum atomic E-state index is -0.298. The number of nitrogens with zero attached hydrogens (tertiary/aromatic N) is 3. The predicted octanol–water partition coefficient (Wildman–Crippen LogP) is 2.84. The number of hydrogen-bond acceptors (Lipinski definition) is 4. The van der Waals surface area contributed by atoms with E-state index in [1.807, 2.05) is 30.3 Å². The van der Waals surface area contributed by atoms with Gasteiger partial charge in [-0.1, -0.05) is 24.3 Å². The first-order valence-corrected chi connectivity index (χ1v) is 8.48. The number of fused-ring (bicyclic) bond motifs is 1. The Bertz CT molecular complexity index is 786. The van der Waals surface area contributed by atoms with Gasteiger partial charge < -0.3 is 9.64 Å².